The standard InChI is InChI=1S/C17H24N2O2/c1-3-21-17(20)14-4-6-15-13(12-14)5-7-16(15)19-10-8-18(2)9-11-19/h4,6,12,16H,3,5,7-11H2,1-2H3/t16-/m0/s1. The number of nitrogens with zero attached hydrogens (tertiary/aromatic N) is 2. The van der Waals surface area contributed by atoms with Crippen LogP contribution in [0.5, 0.6) is 0 Å². The van der Waals surface area contributed by atoms with Gasteiger partial charge in [-0.2, -0.15) is 0 Å². The largest absolute Gasteiger partial charge is 0.462 e. The summed E-state index contributed by atoms with van der Waals surface area (Å²) in [6.45, 7) is 6.84. The van der Waals surface area contributed by atoms with Gasteiger partial charge in [-0.25, -0.2) is 4.79 Å². The van der Waals surface area contributed by atoms with E-state index in [1.54, 1.807) is 0 Å². The van der Waals surface area contributed by atoms with Crippen molar-refractivity contribution >= 4 is 5.97 Å². The van der Waals surface area contributed by atoms with E-state index in [1.807, 2.05) is 19.1 Å². The van der Waals surface area contributed by atoms with Crippen molar-refractivity contribution in [2.75, 3.05) is 39.8 Å². The molecular formula is C17H24N2O2. The number of ether oxygens (including phenoxy) is 1. The Bertz CT molecular complexity index is 522. The molecule has 0 bridgehead atoms. The van der Waals surface area contributed by atoms with Gasteiger partial charge in [0, 0.05) is 32.2 Å². The topological polar surface area (TPSA) is 32.8 Å². The summed E-state index contributed by atoms with van der Waals surface area (Å²) in [7, 11) is 2.19. The highest BCUT2D eigenvalue weighted by Crippen LogP contribution is 2.36. The van der Waals surface area contributed by atoms with E-state index in [2.05, 4.69) is 22.9 Å². The molecule has 1 aromatic rings. The first-order chi connectivity index (χ1) is 10.2. The first kappa shape index (κ1) is 14.5. The number of rotatable bonds is 3. The molecule has 0 amide bonds. The van der Waals surface area contributed by atoms with Crippen LogP contribution in [0.1, 0.15) is 40.9 Å². The molecule has 1 fully saturated rings. The van der Waals surface area contributed by atoms with Crippen LogP contribution in [-0.4, -0.2) is 55.6 Å². The van der Waals surface area contributed by atoms with Crippen molar-refractivity contribution in [1.29, 1.82) is 0 Å². The number of hydrogen-bond donors (Lipinski definition) is 0. The summed E-state index contributed by atoms with van der Waals surface area (Å²) < 4.78 is 5.09. The van der Waals surface area contributed by atoms with Crippen molar-refractivity contribution in [2.45, 2.75) is 25.8 Å². The van der Waals surface area contributed by atoms with Gasteiger partial charge in [0.25, 0.3) is 0 Å². The van der Waals surface area contributed by atoms with Crippen LogP contribution < -0.4 is 0 Å². The Balaban J connectivity index is 1.75. The number of likely N-dealkylation sites (N-methyl/N-ethyl adjacent to an activating group) is 1. The first-order valence-electron chi connectivity index (χ1n) is 7.91. The van der Waals surface area contributed by atoms with Crippen LogP contribution in [0, 0.1) is 0 Å². The summed E-state index contributed by atoms with van der Waals surface area (Å²) in [4.78, 5) is 16.8. The molecule has 0 saturated carbocycles. The lowest BCUT2D eigenvalue weighted by Crippen LogP contribution is -2.45. The maximum absolute atomic E-state index is 11.8. The normalized spacial score (nSPS) is 23.0. The van der Waals surface area contributed by atoms with E-state index in [9.17, 15) is 4.79 Å². The Kier molecular flexibility index (Phi) is 4.27. The maximum atomic E-state index is 11.8. The van der Waals surface area contributed by atoms with Crippen LogP contribution in [0.25, 0.3) is 0 Å². The Labute approximate surface area is 126 Å². The molecule has 21 heavy (non-hydrogen) atoms. The fourth-order valence-electron chi connectivity index (χ4n) is 3.45. The van der Waals surface area contributed by atoms with E-state index in [0.29, 0.717) is 18.2 Å². The number of benzene rings is 1. The number of aryl methyl sites for hydroxylation is 1. The summed E-state index contributed by atoms with van der Waals surface area (Å²) in [6, 6.07) is 6.62. The second kappa shape index (κ2) is 6.16. The lowest BCUT2D eigenvalue weighted by atomic mass is 10.0. The van der Waals surface area contributed by atoms with Gasteiger partial charge in [0.2, 0.25) is 0 Å². The molecule has 1 aliphatic heterocycles. The molecule has 0 unspecified atom stereocenters. The van der Waals surface area contributed by atoms with Gasteiger partial charge in [0.1, 0.15) is 0 Å². The smallest absolute Gasteiger partial charge is 0.338 e. The van der Waals surface area contributed by atoms with Gasteiger partial charge in [-0.3, -0.25) is 4.90 Å². The highest BCUT2D eigenvalue weighted by molar-refractivity contribution is 5.89. The molecule has 4 nitrogen and oxygen atoms in total. The fourth-order valence-corrected chi connectivity index (χ4v) is 3.45. The minimum absolute atomic E-state index is 0.205. The molecule has 0 aromatic heterocycles. The molecule has 4 heteroatoms. The fraction of sp³-hybridized carbons (Fsp3) is 0.588. The second-order valence-corrected chi connectivity index (χ2v) is 6.03. The SMILES string of the molecule is CCOC(=O)c1ccc2c(c1)CC[C@@H]2N1CCN(C)CC1. The Morgan fingerprint density at radius 2 is 2.05 bits per heavy atom. The first-order valence-corrected chi connectivity index (χ1v) is 7.91. The zero-order valence-corrected chi connectivity index (χ0v) is 13.0. The van der Waals surface area contributed by atoms with Crippen LogP contribution in [0.2, 0.25) is 0 Å². The monoisotopic (exact) mass is 288 g/mol. The van der Waals surface area contributed by atoms with E-state index >= 15 is 0 Å². The molecule has 114 valence electrons. The number of hydrogen-bond acceptors (Lipinski definition) is 4. The van der Waals surface area contributed by atoms with Gasteiger partial charge in [-0.05, 0) is 50.1 Å². The van der Waals surface area contributed by atoms with Gasteiger partial charge in [-0.1, -0.05) is 6.07 Å². The van der Waals surface area contributed by atoms with E-state index in [-0.39, 0.29) is 5.97 Å². The zero-order chi connectivity index (χ0) is 14.8. The summed E-state index contributed by atoms with van der Waals surface area (Å²) in [5, 5.41) is 0. The minimum atomic E-state index is -0.205. The molecule has 0 N–H and O–H groups in total. The average molecular weight is 288 g/mol. The van der Waals surface area contributed by atoms with Crippen LogP contribution in [-0.2, 0) is 11.2 Å². The summed E-state index contributed by atoms with van der Waals surface area (Å²) in [6.07, 6.45) is 2.24. The predicted octanol–water partition coefficient (Wildman–Crippen LogP) is 2.10. The zero-order valence-electron chi connectivity index (χ0n) is 13.0. The molecule has 2 aliphatic rings. The van der Waals surface area contributed by atoms with Crippen LogP contribution in [0.3, 0.4) is 0 Å². The molecule has 1 aliphatic carbocycles. The van der Waals surface area contributed by atoms with Gasteiger partial charge in [0.15, 0.2) is 0 Å². The van der Waals surface area contributed by atoms with Crippen molar-refractivity contribution in [2.24, 2.45) is 0 Å². The van der Waals surface area contributed by atoms with Gasteiger partial charge in [-0.15, -0.1) is 0 Å². The lowest BCUT2D eigenvalue weighted by molar-refractivity contribution is 0.0526. The van der Waals surface area contributed by atoms with Crippen LogP contribution in [0.15, 0.2) is 18.2 Å². The quantitative estimate of drug-likeness (QED) is 0.798. The summed E-state index contributed by atoms with van der Waals surface area (Å²) in [5.74, 6) is -0.205. The average Bonchev–Trinajstić information content (AvgIpc) is 2.91. The molecule has 3 rings (SSSR count). The molecule has 1 saturated heterocycles. The van der Waals surface area contributed by atoms with Crippen molar-refractivity contribution < 1.29 is 9.53 Å². The number of carbonyl (C=O) groups is 1. The van der Waals surface area contributed by atoms with E-state index in [0.717, 1.165) is 32.6 Å². The third-order valence-electron chi connectivity index (χ3n) is 4.68. The second-order valence-electron chi connectivity index (χ2n) is 6.03. The van der Waals surface area contributed by atoms with E-state index in [4.69, 9.17) is 4.74 Å². The molecule has 1 atom stereocenters. The van der Waals surface area contributed by atoms with Crippen molar-refractivity contribution in [3.8, 4) is 0 Å². The van der Waals surface area contributed by atoms with Crippen molar-refractivity contribution in [3.05, 3.63) is 34.9 Å². The number of esters is 1. The number of piperazine rings is 1. The van der Waals surface area contributed by atoms with Gasteiger partial charge in [0.05, 0.1) is 12.2 Å². The highest BCUT2D eigenvalue weighted by Gasteiger charge is 2.30. The van der Waals surface area contributed by atoms with Crippen LogP contribution in [0.4, 0.5) is 0 Å². The van der Waals surface area contributed by atoms with Gasteiger partial charge >= 0.3 is 5.97 Å². The molecule has 1 aromatic carbocycles. The Morgan fingerprint density at radius 3 is 2.76 bits per heavy atom. The maximum Gasteiger partial charge on any atom is 0.338 e. The van der Waals surface area contributed by atoms with Crippen molar-refractivity contribution in [3.63, 3.8) is 0 Å². The highest BCUT2D eigenvalue weighted by atomic mass is 16.5. The third-order valence-corrected chi connectivity index (χ3v) is 4.68. The Hall–Kier alpha value is -1.39. The molecule has 0 spiro atoms. The molecule has 1 heterocycles. The van der Waals surface area contributed by atoms with E-state index in [1.165, 1.54) is 17.5 Å². The predicted molar refractivity (Wildman–Crippen MR) is 82.5 cm³/mol. The molecular weight excluding hydrogens is 264 g/mol. The van der Waals surface area contributed by atoms with Crippen molar-refractivity contribution in [1.82, 2.24) is 9.80 Å². The summed E-state index contributed by atoms with van der Waals surface area (Å²) in [5.41, 5.74) is 3.42. The third kappa shape index (κ3) is 2.97. The number of carbonyl (C=O) groups excluding carboxylic acids is 1. The lowest BCUT2D eigenvalue weighted by Gasteiger charge is -2.36. The molecule has 0 radical (unpaired) electrons. The van der Waals surface area contributed by atoms with Gasteiger partial charge < -0.3 is 9.64 Å². The number of fused-ring (bicyclic) bond motifs is 1. The van der Waals surface area contributed by atoms with Crippen LogP contribution >= 0.6 is 0 Å². The van der Waals surface area contributed by atoms with E-state index < -0.39 is 0 Å². The Morgan fingerprint density at radius 1 is 1.29 bits per heavy atom. The summed E-state index contributed by atoms with van der Waals surface area (Å²) >= 11 is 0. The minimum Gasteiger partial charge on any atom is -0.462 e.